The molecule has 0 atom stereocenters. The van der Waals surface area contributed by atoms with Crippen molar-refractivity contribution >= 4 is 24.2 Å². The van der Waals surface area contributed by atoms with Crippen molar-refractivity contribution in [1.29, 1.82) is 0 Å². The summed E-state index contributed by atoms with van der Waals surface area (Å²) >= 11 is 6.29. The van der Waals surface area contributed by atoms with Gasteiger partial charge in [0.1, 0.15) is 0 Å². The fraction of sp³-hybridized carbons (Fsp3) is 0.625. The molecular formula is C16H20BClF2O2. The summed E-state index contributed by atoms with van der Waals surface area (Å²) in [6.07, 6.45) is -0.507. The van der Waals surface area contributed by atoms with Crippen LogP contribution in [0.2, 0.25) is 5.02 Å². The molecule has 1 heterocycles. The molecule has 0 bridgehead atoms. The highest BCUT2D eigenvalue weighted by atomic mass is 35.5. The molecule has 120 valence electrons. The zero-order valence-electron chi connectivity index (χ0n) is 13.3. The van der Waals surface area contributed by atoms with Gasteiger partial charge in [0.25, 0.3) is 6.43 Å². The molecule has 1 aromatic carbocycles. The lowest BCUT2D eigenvalue weighted by Gasteiger charge is -2.32. The van der Waals surface area contributed by atoms with Crippen LogP contribution < -0.4 is 5.46 Å². The maximum Gasteiger partial charge on any atom is 0.495 e. The third kappa shape index (κ3) is 2.68. The van der Waals surface area contributed by atoms with Crippen molar-refractivity contribution in [2.24, 2.45) is 0 Å². The van der Waals surface area contributed by atoms with Gasteiger partial charge in [0, 0.05) is 10.6 Å². The summed E-state index contributed by atoms with van der Waals surface area (Å²) in [5.41, 5.74) is 0.463. The molecule has 1 aromatic rings. The van der Waals surface area contributed by atoms with Gasteiger partial charge in [-0.2, -0.15) is 0 Å². The third-order valence-electron chi connectivity index (χ3n) is 4.93. The van der Waals surface area contributed by atoms with Crippen LogP contribution in [0.1, 0.15) is 64.0 Å². The van der Waals surface area contributed by atoms with Crippen LogP contribution in [0.3, 0.4) is 0 Å². The minimum atomic E-state index is -2.56. The van der Waals surface area contributed by atoms with E-state index in [9.17, 15) is 8.78 Å². The van der Waals surface area contributed by atoms with Gasteiger partial charge in [-0.25, -0.2) is 8.78 Å². The van der Waals surface area contributed by atoms with E-state index < -0.39 is 24.7 Å². The van der Waals surface area contributed by atoms with Crippen molar-refractivity contribution in [1.82, 2.24) is 0 Å². The number of hydrogen-bond donors (Lipinski definition) is 0. The zero-order chi connectivity index (χ0) is 16.3. The lowest BCUT2D eigenvalue weighted by Crippen LogP contribution is -2.41. The first kappa shape index (κ1) is 16.2. The van der Waals surface area contributed by atoms with Crippen molar-refractivity contribution in [2.45, 2.75) is 64.1 Å². The smallest absolute Gasteiger partial charge is 0.399 e. The van der Waals surface area contributed by atoms with Gasteiger partial charge >= 0.3 is 7.12 Å². The Balaban J connectivity index is 2.06. The highest BCUT2D eigenvalue weighted by Gasteiger charge is 2.53. The summed E-state index contributed by atoms with van der Waals surface area (Å²) in [6.45, 7) is 7.79. The molecule has 2 fully saturated rings. The molecule has 1 saturated carbocycles. The van der Waals surface area contributed by atoms with Gasteiger partial charge < -0.3 is 9.31 Å². The lowest BCUT2D eigenvalue weighted by atomic mass is 9.74. The van der Waals surface area contributed by atoms with Crippen LogP contribution in [0.15, 0.2) is 12.1 Å². The summed E-state index contributed by atoms with van der Waals surface area (Å²) in [4.78, 5) is 0. The molecule has 0 N–H and O–H groups in total. The first-order chi connectivity index (χ1) is 10.1. The number of halogens is 3. The van der Waals surface area contributed by atoms with Crippen LogP contribution >= 0.6 is 11.6 Å². The predicted octanol–water partition coefficient (Wildman–Crippen LogP) is 4.45. The molecule has 0 radical (unpaired) electrons. The Morgan fingerprint density at radius 1 is 1.14 bits per heavy atom. The Morgan fingerprint density at radius 3 is 2.14 bits per heavy atom. The molecule has 2 nitrogen and oxygen atoms in total. The summed E-state index contributed by atoms with van der Waals surface area (Å²) in [5.74, 6) is 0.327. The van der Waals surface area contributed by atoms with E-state index >= 15 is 0 Å². The number of benzene rings is 1. The van der Waals surface area contributed by atoms with Crippen LogP contribution in [0.25, 0.3) is 0 Å². The van der Waals surface area contributed by atoms with Crippen molar-refractivity contribution < 1.29 is 18.1 Å². The van der Waals surface area contributed by atoms with Crippen LogP contribution in [0, 0.1) is 0 Å². The molecule has 1 aliphatic heterocycles. The molecule has 0 aromatic heterocycles. The van der Waals surface area contributed by atoms with Crippen LogP contribution in [0.5, 0.6) is 0 Å². The molecule has 0 unspecified atom stereocenters. The van der Waals surface area contributed by atoms with Crippen molar-refractivity contribution in [3.63, 3.8) is 0 Å². The van der Waals surface area contributed by atoms with Gasteiger partial charge in [-0.05, 0) is 63.5 Å². The quantitative estimate of drug-likeness (QED) is 0.763. The molecule has 1 saturated heterocycles. The second-order valence-corrected chi connectivity index (χ2v) is 7.58. The maximum absolute atomic E-state index is 13.1. The minimum absolute atomic E-state index is 0.0842. The Morgan fingerprint density at radius 2 is 1.68 bits per heavy atom. The number of rotatable bonds is 3. The first-order valence-electron chi connectivity index (χ1n) is 7.59. The molecular weight excluding hydrogens is 308 g/mol. The highest BCUT2D eigenvalue weighted by molar-refractivity contribution is 6.63. The summed E-state index contributed by atoms with van der Waals surface area (Å²) in [7, 11) is -0.656. The average molecular weight is 329 g/mol. The summed E-state index contributed by atoms with van der Waals surface area (Å²) in [5, 5.41) is 0.394. The molecule has 1 aliphatic carbocycles. The number of alkyl halides is 2. The topological polar surface area (TPSA) is 18.5 Å². The van der Waals surface area contributed by atoms with Gasteiger partial charge in [0.15, 0.2) is 0 Å². The normalized spacial score (nSPS) is 23.4. The van der Waals surface area contributed by atoms with E-state index in [1.807, 2.05) is 27.7 Å². The fourth-order valence-corrected chi connectivity index (χ4v) is 3.14. The standard InChI is InChI=1S/C16H20BClF2O2/c1-15(2)16(3,4)22-17(21-15)11-7-10(14(19)20)8-12(18)13(11)9-5-6-9/h7-9,14H,5-6H2,1-4H3. The average Bonchev–Trinajstić information content (AvgIpc) is 3.16. The van der Waals surface area contributed by atoms with Gasteiger partial charge in [-0.1, -0.05) is 17.7 Å². The predicted molar refractivity (Wildman–Crippen MR) is 84.1 cm³/mol. The lowest BCUT2D eigenvalue weighted by molar-refractivity contribution is 0.00578. The van der Waals surface area contributed by atoms with E-state index in [1.165, 1.54) is 12.1 Å². The summed E-state index contributed by atoms with van der Waals surface area (Å²) in [6, 6.07) is 2.86. The van der Waals surface area contributed by atoms with Gasteiger partial charge in [-0.3, -0.25) is 0 Å². The van der Waals surface area contributed by atoms with E-state index in [1.54, 1.807) is 0 Å². The Hall–Kier alpha value is -0.645. The second-order valence-electron chi connectivity index (χ2n) is 7.17. The zero-order valence-corrected chi connectivity index (χ0v) is 14.0. The van der Waals surface area contributed by atoms with Gasteiger partial charge in [0.05, 0.1) is 11.2 Å². The summed E-state index contributed by atoms with van der Waals surface area (Å²) < 4.78 is 38.3. The third-order valence-corrected chi connectivity index (χ3v) is 5.24. The van der Waals surface area contributed by atoms with E-state index in [0.717, 1.165) is 18.4 Å². The monoisotopic (exact) mass is 328 g/mol. The second kappa shape index (κ2) is 5.18. The van der Waals surface area contributed by atoms with Crippen molar-refractivity contribution in [3.05, 3.63) is 28.3 Å². The van der Waals surface area contributed by atoms with E-state index in [2.05, 4.69) is 0 Å². The molecule has 2 aliphatic rings. The van der Waals surface area contributed by atoms with Crippen molar-refractivity contribution in [2.75, 3.05) is 0 Å². The largest absolute Gasteiger partial charge is 0.495 e. The highest BCUT2D eigenvalue weighted by Crippen LogP contribution is 2.45. The van der Waals surface area contributed by atoms with E-state index in [0.29, 0.717) is 16.4 Å². The van der Waals surface area contributed by atoms with Crippen LogP contribution in [-0.2, 0) is 9.31 Å². The van der Waals surface area contributed by atoms with E-state index in [-0.39, 0.29) is 5.56 Å². The molecule has 6 heteroatoms. The Bertz CT molecular complexity index is 584. The molecule has 3 rings (SSSR count). The van der Waals surface area contributed by atoms with Gasteiger partial charge in [-0.15, -0.1) is 0 Å². The molecule has 22 heavy (non-hydrogen) atoms. The maximum atomic E-state index is 13.1. The Kier molecular flexibility index (Phi) is 3.82. The molecule has 0 spiro atoms. The van der Waals surface area contributed by atoms with Gasteiger partial charge in [0.2, 0.25) is 0 Å². The van der Waals surface area contributed by atoms with E-state index in [4.69, 9.17) is 20.9 Å². The minimum Gasteiger partial charge on any atom is -0.399 e. The Labute approximate surface area is 135 Å². The van der Waals surface area contributed by atoms with Crippen LogP contribution in [0.4, 0.5) is 8.78 Å². The molecule has 0 amide bonds. The first-order valence-corrected chi connectivity index (χ1v) is 7.97. The van der Waals surface area contributed by atoms with Crippen molar-refractivity contribution in [3.8, 4) is 0 Å². The SMILES string of the molecule is CC1(C)OB(c2cc(C(F)F)cc(Cl)c2C2CC2)OC1(C)C. The fourth-order valence-electron chi connectivity index (χ4n) is 2.75. The van der Waals surface area contributed by atoms with Crippen LogP contribution in [-0.4, -0.2) is 18.3 Å². The number of hydrogen-bond acceptors (Lipinski definition) is 2.